The molecule has 2 rings (SSSR count). The second kappa shape index (κ2) is 9.52. The van der Waals surface area contributed by atoms with E-state index in [-0.39, 0.29) is 5.91 Å². The highest BCUT2D eigenvalue weighted by Crippen LogP contribution is 2.13. The normalized spacial score (nSPS) is 10.2. The molecular formula is C21H24N2O4. The van der Waals surface area contributed by atoms with Crippen LogP contribution in [0.5, 0.6) is 0 Å². The molecule has 6 heteroatoms. The van der Waals surface area contributed by atoms with Crippen molar-refractivity contribution in [3.8, 4) is 0 Å². The predicted molar refractivity (Wildman–Crippen MR) is 104 cm³/mol. The molecular weight excluding hydrogens is 344 g/mol. The van der Waals surface area contributed by atoms with Gasteiger partial charge >= 0.3 is 5.97 Å². The summed E-state index contributed by atoms with van der Waals surface area (Å²) < 4.78 is 5.07. The van der Waals surface area contributed by atoms with Crippen molar-refractivity contribution < 1.29 is 19.1 Å². The summed E-state index contributed by atoms with van der Waals surface area (Å²) in [5.74, 6) is -1.11. The Bertz CT molecular complexity index is 828. The number of hydrogen-bond acceptors (Lipinski definition) is 4. The van der Waals surface area contributed by atoms with Crippen LogP contribution in [0.1, 0.15) is 40.1 Å². The summed E-state index contributed by atoms with van der Waals surface area (Å²) in [4.78, 5) is 38.2. The zero-order valence-corrected chi connectivity index (χ0v) is 15.8. The molecule has 0 fully saturated rings. The standard InChI is InChI=1S/C21H24N2O4/c1-4-23(5-2)20(25)16-10-8-11-17(13-16)22-19(24)14-27-21(26)18-12-7-6-9-15(18)3/h6-13H,4-5,14H2,1-3H3,(H,22,24). The lowest BCUT2D eigenvalue weighted by Crippen LogP contribution is -2.30. The SMILES string of the molecule is CCN(CC)C(=O)c1cccc(NC(=O)COC(=O)c2ccccc2C)c1. The molecule has 0 bridgehead atoms. The topological polar surface area (TPSA) is 75.7 Å². The lowest BCUT2D eigenvalue weighted by Gasteiger charge is -2.19. The number of hydrogen-bond donors (Lipinski definition) is 1. The Balaban J connectivity index is 1.96. The van der Waals surface area contributed by atoms with Crippen LogP contribution >= 0.6 is 0 Å². The Kier molecular flexibility index (Phi) is 7.11. The van der Waals surface area contributed by atoms with Gasteiger partial charge in [0.1, 0.15) is 0 Å². The van der Waals surface area contributed by atoms with Crippen LogP contribution in [0.4, 0.5) is 5.69 Å². The van der Waals surface area contributed by atoms with E-state index in [1.807, 2.05) is 19.9 Å². The van der Waals surface area contributed by atoms with Gasteiger partial charge in [0.05, 0.1) is 5.56 Å². The van der Waals surface area contributed by atoms with E-state index in [1.54, 1.807) is 54.3 Å². The summed E-state index contributed by atoms with van der Waals surface area (Å²) in [5, 5.41) is 2.65. The highest BCUT2D eigenvalue weighted by Gasteiger charge is 2.15. The van der Waals surface area contributed by atoms with E-state index in [2.05, 4.69) is 5.32 Å². The summed E-state index contributed by atoms with van der Waals surface area (Å²) >= 11 is 0. The van der Waals surface area contributed by atoms with Gasteiger partial charge in [-0.25, -0.2) is 4.79 Å². The average molecular weight is 368 g/mol. The molecule has 0 unspecified atom stereocenters. The number of nitrogens with zero attached hydrogens (tertiary/aromatic N) is 1. The third-order valence-corrected chi connectivity index (χ3v) is 4.14. The molecule has 1 N–H and O–H groups in total. The molecule has 2 amide bonds. The van der Waals surface area contributed by atoms with Gasteiger partial charge in [0.2, 0.25) is 0 Å². The van der Waals surface area contributed by atoms with Crippen molar-refractivity contribution in [1.82, 2.24) is 4.90 Å². The lowest BCUT2D eigenvalue weighted by atomic mass is 10.1. The summed E-state index contributed by atoms with van der Waals surface area (Å²) in [6.07, 6.45) is 0. The molecule has 0 heterocycles. The highest BCUT2D eigenvalue weighted by molar-refractivity contribution is 5.98. The van der Waals surface area contributed by atoms with Gasteiger partial charge in [0.25, 0.3) is 11.8 Å². The van der Waals surface area contributed by atoms with Crippen molar-refractivity contribution >= 4 is 23.5 Å². The first-order chi connectivity index (χ1) is 13.0. The molecule has 0 spiro atoms. The maximum absolute atomic E-state index is 12.4. The number of anilines is 1. The van der Waals surface area contributed by atoms with Gasteiger partial charge in [0, 0.05) is 24.3 Å². The lowest BCUT2D eigenvalue weighted by molar-refractivity contribution is -0.119. The fraction of sp³-hybridized carbons (Fsp3) is 0.286. The van der Waals surface area contributed by atoms with E-state index in [4.69, 9.17) is 4.74 Å². The molecule has 0 aromatic heterocycles. The number of rotatable bonds is 7. The van der Waals surface area contributed by atoms with Gasteiger partial charge in [-0.2, -0.15) is 0 Å². The zero-order chi connectivity index (χ0) is 19.8. The van der Waals surface area contributed by atoms with Crippen LogP contribution in [-0.4, -0.2) is 42.4 Å². The van der Waals surface area contributed by atoms with Crippen molar-refractivity contribution in [2.24, 2.45) is 0 Å². The average Bonchev–Trinajstić information content (AvgIpc) is 2.67. The van der Waals surface area contributed by atoms with Crippen molar-refractivity contribution in [2.45, 2.75) is 20.8 Å². The van der Waals surface area contributed by atoms with Gasteiger partial charge in [0.15, 0.2) is 6.61 Å². The van der Waals surface area contributed by atoms with Gasteiger partial charge in [-0.15, -0.1) is 0 Å². The minimum absolute atomic E-state index is 0.0953. The predicted octanol–water partition coefficient (Wildman–Crippen LogP) is 3.27. The fourth-order valence-electron chi connectivity index (χ4n) is 2.63. The first kappa shape index (κ1) is 20.2. The van der Waals surface area contributed by atoms with E-state index >= 15 is 0 Å². The number of nitrogens with one attached hydrogen (secondary N) is 1. The Morgan fingerprint density at radius 2 is 1.70 bits per heavy atom. The fourth-order valence-corrected chi connectivity index (χ4v) is 2.63. The quantitative estimate of drug-likeness (QED) is 0.761. The highest BCUT2D eigenvalue weighted by atomic mass is 16.5. The first-order valence-corrected chi connectivity index (χ1v) is 8.88. The van der Waals surface area contributed by atoms with Gasteiger partial charge in [-0.1, -0.05) is 24.3 Å². The minimum Gasteiger partial charge on any atom is -0.452 e. The smallest absolute Gasteiger partial charge is 0.338 e. The van der Waals surface area contributed by atoms with E-state index in [0.29, 0.717) is 29.9 Å². The molecule has 0 saturated heterocycles. The maximum atomic E-state index is 12.4. The van der Waals surface area contributed by atoms with Crippen LogP contribution in [0.25, 0.3) is 0 Å². The number of ether oxygens (including phenoxy) is 1. The molecule has 0 aliphatic carbocycles. The number of benzene rings is 2. The van der Waals surface area contributed by atoms with E-state index in [1.165, 1.54) is 0 Å². The number of esters is 1. The summed E-state index contributed by atoms with van der Waals surface area (Å²) in [7, 11) is 0. The van der Waals surface area contributed by atoms with Crippen LogP contribution in [-0.2, 0) is 9.53 Å². The van der Waals surface area contributed by atoms with Crippen LogP contribution in [0.15, 0.2) is 48.5 Å². The van der Waals surface area contributed by atoms with Crippen LogP contribution in [0.3, 0.4) is 0 Å². The van der Waals surface area contributed by atoms with Crippen LogP contribution in [0, 0.1) is 6.92 Å². The molecule has 0 atom stereocenters. The minimum atomic E-state index is -0.547. The maximum Gasteiger partial charge on any atom is 0.338 e. The first-order valence-electron chi connectivity index (χ1n) is 8.88. The van der Waals surface area contributed by atoms with Crippen LogP contribution in [0.2, 0.25) is 0 Å². The largest absolute Gasteiger partial charge is 0.452 e. The third-order valence-electron chi connectivity index (χ3n) is 4.14. The molecule has 2 aromatic rings. The van der Waals surface area contributed by atoms with E-state index in [0.717, 1.165) is 5.56 Å². The molecule has 6 nitrogen and oxygen atoms in total. The second-order valence-corrected chi connectivity index (χ2v) is 6.00. The third kappa shape index (κ3) is 5.41. The van der Waals surface area contributed by atoms with E-state index < -0.39 is 18.5 Å². The number of aryl methyl sites for hydroxylation is 1. The monoisotopic (exact) mass is 368 g/mol. The van der Waals surface area contributed by atoms with Crippen molar-refractivity contribution in [3.63, 3.8) is 0 Å². The summed E-state index contributed by atoms with van der Waals surface area (Å²) in [6, 6.07) is 13.7. The Morgan fingerprint density at radius 3 is 2.37 bits per heavy atom. The molecule has 0 aliphatic rings. The van der Waals surface area contributed by atoms with Gasteiger partial charge in [-0.3, -0.25) is 9.59 Å². The number of carbonyl (C=O) groups excluding carboxylic acids is 3. The Hall–Kier alpha value is -3.15. The molecule has 0 saturated carbocycles. The zero-order valence-electron chi connectivity index (χ0n) is 15.8. The summed E-state index contributed by atoms with van der Waals surface area (Å²) in [6.45, 7) is 6.45. The van der Waals surface area contributed by atoms with Gasteiger partial charge < -0.3 is 15.0 Å². The van der Waals surface area contributed by atoms with Crippen molar-refractivity contribution in [2.75, 3.05) is 25.0 Å². The molecule has 0 aliphatic heterocycles. The van der Waals surface area contributed by atoms with E-state index in [9.17, 15) is 14.4 Å². The second-order valence-electron chi connectivity index (χ2n) is 6.00. The molecule has 0 radical (unpaired) electrons. The number of amides is 2. The number of carbonyl (C=O) groups is 3. The molecule has 27 heavy (non-hydrogen) atoms. The molecule has 2 aromatic carbocycles. The molecule has 142 valence electrons. The Labute approximate surface area is 159 Å². The van der Waals surface area contributed by atoms with Crippen LogP contribution < -0.4 is 5.32 Å². The van der Waals surface area contributed by atoms with Gasteiger partial charge in [-0.05, 0) is 50.6 Å². The Morgan fingerprint density at radius 1 is 1.00 bits per heavy atom. The van der Waals surface area contributed by atoms with Crippen molar-refractivity contribution in [1.29, 1.82) is 0 Å². The summed E-state index contributed by atoms with van der Waals surface area (Å²) in [5.41, 5.74) is 2.18. The van der Waals surface area contributed by atoms with Crippen molar-refractivity contribution in [3.05, 3.63) is 65.2 Å².